The number of aliphatic imine (C=N–C) groups is 1. The van der Waals surface area contributed by atoms with Gasteiger partial charge in [0.1, 0.15) is 0 Å². The van der Waals surface area contributed by atoms with E-state index in [1.54, 1.807) is 14.0 Å². The molecule has 0 bridgehead atoms. The van der Waals surface area contributed by atoms with Crippen LogP contribution in [0, 0.1) is 6.92 Å². The zero-order chi connectivity index (χ0) is 11.1. The number of aryl methyl sites for hydroxylation is 1. The number of guanidine groups is 1. The molecule has 0 saturated carbocycles. The van der Waals surface area contributed by atoms with Gasteiger partial charge in [-0.3, -0.25) is 4.99 Å². The van der Waals surface area contributed by atoms with Crippen LogP contribution in [-0.4, -0.2) is 29.7 Å². The Hall–Kier alpha value is -0.860. The number of rotatable bonds is 4. The van der Waals surface area contributed by atoms with Crippen LogP contribution < -0.4 is 10.6 Å². The Morgan fingerprint density at radius 1 is 1.44 bits per heavy atom. The number of nitrogens with zero attached hydrogens (tertiary/aromatic N) is 3. The Morgan fingerprint density at radius 2 is 2.19 bits per heavy atom. The highest BCUT2D eigenvalue weighted by Crippen LogP contribution is 1.94. The van der Waals surface area contributed by atoms with E-state index in [0.717, 1.165) is 18.9 Å². The van der Waals surface area contributed by atoms with Crippen molar-refractivity contribution in [1.82, 2.24) is 20.8 Å². The minimum atomic E-state index is 0. The Balaban J connectivity index is 0.00000225. The van der Waals surface area contributed by atoms with Crippen molar-refractivity contribution in [2.75, 3.05) is 13.6 Å². The molecule has 1 aromatic rings. The molecule has 2 N–H and O–H groups in total. The van der Waals surface area contributed by atoms with Gasteiger partial charge in [-0.1, -0.05) is 12.1 Å². The summed E-state index contributed by atoms with van der Waals surface area (Å²) in [5.41, 5.74) is 0. The van der Waals surface area contributed by atoms with Crippen LogP contribution in [0.5, 0.6) is 0 Å². The maximum atomic E-state index is 4.96. The van der Waals surface area contributed by atoms with Crippen molar-refractivity contribution < 1.29 is 4.52 Å². The fraction of sp³-hybridized carbons (Fsp3) is 0.667. The van der Waals surface area contributed by atoms with Gasteiger partial charge >= 0.3 is 0 Å². The van der Waals surface area contributed by atoms with Crippen LogP contribution >= 0.6 is 24.0 Å². The third-order valence-electron chi connectivity index (χ3n) is 1.74. The first-order valence-corrected chi connectivity index (χ1v) is 5.00. The molecule has 6 nitrogen and oxygen atoms in total. The fourth-order valence-electron chi connectivity index (χ4n) is 1.04. The van der Waals surface area contributed by atoms with Crippen molar-refractivity contribution in [3.8, 4) is 0 Å². The third kappa shape index (κ3) is 5.29. The van der Waals surface area contributed by atoms with Gasteiger partial charge in [-0.15, -0.1) is 24.0 Å². The second kappa shape index (κ2) is 8.31. The Bertz CT molecular complexity index is 325. The van der Waals surface area contributed by atoms with Crippen molar-refractivity contribution in [1.29, 1.82) is 0 Å². The summed E-state index contributed by atoms with van der Waals surface area (Å²) in [7, 11) is 1.73. The Kier molecular flexibility index (Phi) is 7.86. The van der Waals surface area contributed by atoms with Gasteiger partial charge in [-0.2, -0.15) is 4.98 Å². The number of nitrogens with one attached hydrogen (secondary N) is 2. The van der Waals surface area contributed by atoms with E-state index in [9.17, 15) is 0 Å². The van der Waals surface area contributed by atoms with Crippen LogP contribution in [0.4, 0.5) is 0 Å². The van der Waals surface area contributed by atoms with E-state index in [1.165, 1.54) is 0 Å². The van der Waals surface area contributed by atoms with Crippen molar-refractivity contribution in [2.24, 2.45) is 4.99 Å². The van der Waals surface area contributed by atoms with E-state index in [2.05, 4.69) is 32.7 Å². The van der Waals surface area contributed by atoms with Gasteiger partial charge in [0.2, 0.25) is 5.89 Å². The third-order valence-corrected chi connectivity index (χ3v) is 1.74. The second-order valence-corrected chi connectivity index (χ2v) is 3.09. The zero-order valence-electron chi connectivity index (χ0n) is 9.78. The van der Waals surface area contributed by atoms with Crippen LogP contribution in [0.15, 0.2) is 9.52 Å². The van der Waals surface area contributed by atoms with E-state index in [4.69, 9.17) is 4.52 Å². The molecule has 0 spiro atoms. The van der Waals surface area contributed by atoms with Gasteiger partial charge in [0, 0.05) is 13.6 Å². The SMILES string of the molecule is CCCNC(=NC)NCc1nc(C)no1.I. The number of halogens is 1. The van der Waals surface area contributed by atoms with Crippen molar-refractivity contribution in [3.05, 3.63) is 11.7 Å². The highest BCUT2D eigenvalue weighted by molar-refractivity contribution is 14.0. The molecule has 7 heteroatoms. The molecule has 0 atom stereocenters. The van der Waals surface area contributed by atoms with E-state index < -0.39 is 0 Å². The number of hydrogen-bond acceptors (Lipinski definition) is 4. The zero-order valence-corrected chi connectivity index (χ0v) is 12.1. The average Bonchev–Trinajstić information content (AvgIpc) is 2.65. The first kappa shape index (κ1) is 15.1. The molecule has 0 amide bonds. The lowest BCUT2D eigenvalue weighted by Gasteiger charge is -2.08. The van der Waals surface area contributed by atoms with Crippen LogP contribution in [0.2, 0.25) is 0 Å². The molecule has 1 rings (SSSR count). The molecule has 16 heavy (non-hydrogen) atoms. The lowest BCUT2D eigenvalue weighted by Crippen LogP contribution is -2.37. The molecule has 0 aliphatic carbocycles. The first-order chi connectivity index (χ1) is 7.26. The molecule has 0 aliphatic rings. The average molecular weight is 339 g/mol. The smallest absolute Gasteiger partial charge is 0.246 e. The fourth-order valence-corrected chi connectivity index (χ4v) is 1.04. The summed E-state index contributed by atoms with van der Waals surface area (Å²) in [6.45, 7) is 5.27. The van der Waals surface area contributed by atoms with Gasteiger partial charge in [0.25, 0.3) is 0 Å². The molecule has 0 aliphatic heterocycles. The lowest BCUT2D eigenvalue weighted by atomic mass is 10.5. The molecule has 0 unspecified atom stereocenters. The molecule has 1 aromatic heterocycles. The Labute approximate surface area is 112 Å². The predicted molar refractivity (Wildman–Crippen MR) is 72.9 cm³/mol. The van der Waals surface area contributed by atoms with Crippen LogP contribution in [0.3, 0.4) is 0 Å². The van der Waals surface area contributed by atoms with Crippen molar-refractivity contribution in [2.45, 2.75) is 26.8 Å². The minimum absolute atomic E-state index is 0. The first-order valence-electron chi connectivity index (χ1n) is 5.00. The summed E-state index contributed by atoms with van der Waals surface area (Å²) < 4.78 is 4.96. The van der Waals surface area contributed by atoms with E-state index in [1.807, 2.05) is 0 Å². The van der Waals surface area contributed by atoms with E-state index in [0.29, 0.717) is 18.3 Å². The molecular weight excluding hydrogens is 321 g/mol. The largest absolute Gasteiger partial charge is 0.356 e. The summed E-state index contributed by atoms with van der Waals surface area (Å²) >= 11 is 0. The molecule has 1 heterocycles. The van der Waals surface area contributed by atoms with Crippen LogP contribution in [0.1, 0.15) is 25.1 Å². The topological polar surface area (TPSA) is 75.3 Å². The van der Waals surface area contributed by atoms with E-state index in [-0.39, 0.29) is 24.0 Å². The highest BCUT2D eigenvalue weighted by Gasteiger charge is 2.03. The molecule has 0 fully saturated rings. The maximum absolute atomic E-state index is 4.96. The summed E-state index contributed by atoms with van der Waals surface area (Å²) in [6, 6.07) is 0. The lowest BCUT2D eigenvalue weighted by molar-refractivity contribution is 0.371. The normalized spacial score (nSPS) is 10.8. The standard InChI is InChI=1S/C9H17N5O.HI/c1-4-5-11-9(10-3)12-6-8-13-7(2)14-15-8;/h4-6H2,1-3H3,(H2,10,11,12);1H. The van der Waals surface area contributed by atoms with Gasteiger partial charge in [0.05, 0.1) is 6.54 Å². The summed E-state index contributed by atoms with van der Waals surface area (Å²) in [4.78, 5) is 8.13. The molecule has 0 radical (unpaired) electrons. The van der Waals surface area contributed by atoms with Crippen molar-refractivity contribution in [3.63, 3.8) is 0 Å². The molecule has 92 valence electrons. The van der Waals surface area contributed by atoms with Gasteiger partial charge in [-0.05, 0) is 13.3 Å². The maximum Gasteiger partial charge on any atom is 0.246 e. The van der Waals surface area contributed by atoms with Crippen molar-refractivity contribution >= 4 is 29.9 Å². The van der Waals surface area contributed by atoms with Gasteiger partial charge in [0.15, 0.2) is 11.8 Å². The van der Waals surface area contributed by atoms with Gasteiger partial charge < -0.3 is 15.2 Å². The monoisotopic (exact) mass is 339 g/mol. The number of hydrogen-bond donors (Lipinski definition) is 2. The molecule has 0 saturated heterocycles. The molecule has 0 aromatic carbocycles. The quantitative estimate of drug-likeness (QED) is 0.488. The summed E-state index contributed by atoms with van der Waals surface area (Å²) in [6.07, 6.45) is 1.06. The second-order valence-electron chi connectivity index (χ2n) is 3.09. The minimum Gasteiger partial charge on any atom is -0.356 e. The van der Waals surface area contributed by atoms with E-state index >= 15 is 0 Å². The highest BCUT2D eigenvalue weighted by atomic mass is 127. The number of aromatic nitrogens is 2. The van der Waals surface area contributed by atoms with Gasteiger partial charge in [-0.25, -0.2) is 0 Å². The predicted octanol–water partition coefficient (Wildman–Crippen LogP) is 1.07. The van der Waals surface area contributed by atoms with Crippen LogP contribution in [0.25, 0.3) is 0 Å². The van der Waals surface area contributed by atoms with Crippen LogP contribution in [-0.2, 0) is 6.54 Å². The molecular formula is C9H18IN5O. The summed E-state index contributed by atoms with van der Waals surface area (Å²) in [5, 5.41) is 9.92. The summed E-state index contributed by atoms with van der Waals surface area (Å²) in [5.74, 6) is 1.95. The Morgan fingerprint density at radius 3 is 2.69 bits per heavy atom.